The lowest BCUT2D eigenvalue weighted by molar-refractivity contribution is -0.163. The van der Waals surface area contributed by atoms with Gasteiger partial charge in [-0.3, -0.25) is 4.79 Å². The Hall–Kier alpha value is 0.01000. The van der Waals surface area contributed by atoms with Crippen molar-refractivity contribution in [3.05, 3.63) is 11.1 Å². The molecule has 1 rings (SSSR count). The fourth-order valence-electron chi connectivity index (χ4n) is 2.33. The van der Waals surface area contributed by atoms with Crippen molar-refractivity contribution in [2.75, 3.05) is 6.61 Å². The van der Waals surface area contributed by atoms with E-state index in [2.05, 4.69) is 0 Å². The lowest BCUT2D eigenvalue weighted by atomic mass is 9.54. The van der Waals surface area contributed by atoms with Crippen molar-refractivity contribution < 1.29 is 13.9 Å². The van der Waals surface area contributed by atoms with Gasteiger partial charge in [0.25, 0.3) is 4.59 Å². The maximum atomic E-state index is 13.3. The van der Waals surface area contributed by atoms with Crippen LogP contribution in [0.2, 0.25) is 0 Å². The number of hydrogen-bond acceptors (Lipinski definition) is 2. The molecule has 2 atom stereocenters. The molecule has 0 bridgehead atoms. The van der Waals surface area contributed by atoms with E-state index < -0.39 is 4.59 Å². The predicted octanol–water partition coefficient (Wildman–Crippen LogP) is 5.22. The Kier molecular flexibility index (Phi) is 6.18. The number of carbonyl (C=O) groups excluding carboxylic acids is 1. The van der Waals surface area contributed by atoms with Gasteiger partial charge in [-0.1, -0.05) is 68.1 Å². The normalized spacial score (nSPS) is 26.1. The predicted molar refractivity (Wildman–Crippen MR) is 80.7 cm³/mol. The van der Waals surface area contributed by atoms with Gasteiger partial charge in [0.1, 0.15) is 0 Å². The Labute approximate surface area is 134 Å². The molecule has 20 heavy (non-hydrogen) atoms. The largest absolute Gasteiger partial charge is 0.465 e. The van der Waals surface area contributed by atoms with Gasteiger partial charge in [0.2, 0.25) is 0 Å². The Morgan fingerprint density at radius 3 is 2.55 bits per heavy atom. The van der Waals surface area contributed by atoms with E-state index >= 15 is 0 Å². The summed E-state index contributed by atoms with van der Waals surface area (Å²) in [7, 11) is 0. The number of unbranched alkanes of at least 4 members (excludes halogenated alkanes) is 1. The lowest BCUT2D eigenvalue weighted by Crippen LogP contribution is -2.48. The summed E-state index contributed by atoms with van der Waals surface area (Å²) in [5.74, 6) is -0.455. The first kappa shape index (κ1) is 18.1. The molecule has 0 heterocycles. The fourth-order valence-corrected chi connectivity index (χ4v) is 2.61. The van der Waals surface area contributed by atoms with Crippen LogP contribution in [0.4, 0.5) is 4.39 Å². The smallest absolute Gasteiger partial charge is 0.309 e. The van der Waals surface area contributed by atoms with Crippen molar-refractivity contribution >= 4 is 40.8 Å². The van der Waals surface area contributed by atoms with Gasteiger partial charge in [0, 0.05) is 0 Å². The molecule has 6 heteroatoms. The summed E-state index contributed by atoms with van der Waals surface area (Å²) in [6.07, 6.45) is 3.90. The van der Waals surface area contributed by atoms with Crippen LogP contribution in [0.5, 0.6) is 0 Å². The van der Waals surface area contributed by atoms with Crippen molar-refractivity contribution in [1.29, 1.82) is 0 Å². The zero-order chi connectivity index (χ0) is 15.6. The first-order valence-corrected chi connectivity index (χ1v) is 7.85. The second kappa shape index (κ2) is 6.85. The molecule has 0 aromatic carbocycles. The summed E-state index contributed by atoms with van der Waals surface area (Å²) >= 11 is 16.3. The van der Waals surface area contributed by atoms with E-state index in [1.165, 1.54) is 6.08 Å². The third-order valence-corrected chi connectivity index (χ3v) is 4.98. The van der Waals surface area contributed by atoms with Crippen molar-refractivity contribution in [2.24, 2.45) is 17.3 Å². The minimum absolute atomic E-state index is 0.0497. The molecule has 0 spiro atoms. The van der Waals surface area contributed by atoms with Crippen LogP contribution in [0.1, 0.15) is 40.0 Å². The molecule has 1 aliphatic rings. The number of esters is 1. The first-order valence-electron chi connectivity index (χ1n) is 6.71. The number of alkyl halides is 3. The lowest BCUT2D eigenvalue weighted by Gasteiger charge is -2.49. The van der Waals surface area contributed by atoms with Crippen LogP contribution in [-0.4, -0.2) is 17.2 Å². The van der Waals surface area contributed by atoms with Crippen LogP contribution >= 0.6 is 34.8 Å². The Morgan fingerprint density at radius 2 is 2.10 bits per heavy atom. The average Bonchev–Trinajstić information content (AvgIpc) is 2.32. The van der Waals surface area contributed by atoms with E-state index in [4.69, 9.17) is 39.5 Å². The molecule has 2 unspecified atom stereocenters. The van der Waals surface area contributed by atoms with Crippen LogP contribution in [0.3, 0.4) is 0 Å². The van der Waals surface area contributed by atoms with Gasteiger partial charge >= 0.3 is 5.97 Å². The van der Waals surface area contributed by atoms with E-state index in [1.54, 1.807) is 0 Å². The highest BCUT2D eigenvalue weighted by Gasteiger charge is 2.52. The molecule has 1 saturated carbocycles. The molecule has 0 amide bonds. The molecule has 0 aromatic rings. The van der Waals surface area contributed by atoms with Crippen LogP contribution in [0, 0.1) is 17.3 Å². The SMILES string of the molecule is CCCCOC(=O)C1CC(C=C(Cl)C(F)(Cl)Cl)C1(C)C. The average molecular weight is 346 g/mol. The highest BCUT2D eigenvalue weighted by atomic mass is 35.5. The summed E-state index contributed by atoms with van der Waals surface area (Å²) in [6, 6.07) is 0. The van der Waals surface area contributed by atoms with E-state index in [9.17, 15) is 9.18 Å². The molecule has 0 N–H and O–H groups in total. The number of ether oxygens (including phenoxy) is 1. The molecule has 1 fully saturated rings. The quantitative estimate of drug-likeness (QED) is 0.375. The van der Waals surface area contributed by atoms with Crippen molar-refractivity contribution in [2.45, 2.75) is 44.6 Å². The van der Waals surface area contributed by atoms with E-state index in [1.807, 2.05) is 20.8 Å². The van der Waals surface area contributed by atoms with Gasteiger partial charge in [0.15, 0.2) is 0 Å². The summed E-state index contributed by atoms with van der Waals surface area (Å²) in [5, 5.41) is -0.253. The molecule has 0 aromatic heterocycles. The van der Waals surface area contributed by atoms with Crippen molar-refractivity contribution in [3.63, 3.8) is 0 Å². The zero-order valence-electron chi connectivity index (χ0n) is 11.9. The number of hydrogen-bond donors (Lipinski definition) is 0. The molecule has 1 aliphatic carbocycles. The van der Waals surface area contributed by atoms with E-state index in [0.717, 1.165) is 12.8 Å². The van der Waals surface area contributed by atoms with Crippen LogP contribution in [0.25, 0.3) is 0 Å². The number of carbonyl (C=O) groups is 1. The molecular formula is C14H20Cl3FO2. The minimum atomic E-state index is -2.58. The van der Waals surface area contributed by atoms with Crippen LogP contribution < -0.4 is 0 Å². The molecule has 0 saturated heterocycles. The summed E-state index contributed by atoms with van der Waals surface area (Å²) in [4.78, 5) is 11.9. The maximum Gasteiger partial charge on any atom is 0.309 e. The first-order chi connectivity index (χ1) is 9.10. The highest BCUT2D eigenvalue weighted by Crippen LogP contribution is 2.54. The van der Waals surface area contributed by atoms with Crippen LogP contribution in [0.15, 0.2) is 11.1 Å². The van der Waals surface area contributed by atoms with E-state index in [0.29, 0.717) is 13.0 Å². The molecule has 2 nitrogen and oxygen atoms in total. The maximum absolute atomic E-state index is 13.3. The molecular weight excluding hydrogens is 326 g/mol. The molecule has 0 radical (unpaired) electrons. The second-order valence-electron chi connectivity index (χ2n) is 5.75. The number of allylic oxidation sites excluding steroid dienone is 2. The van der Waals surface area contributed by atoms with Gasteiger partial charge in [-0.05, 0) is 24.2 Å². The van der Waals surface area contributed by atoms with Gasteiger partial charge < -0.3 is 4.74 Å². The van der Waals surface area contributed by atoms with Gasteiger partial charge in [-0.25, -0.2) is 4.39 Å². The fraction of sp³-hybridized carbons (Fsp3) is 0.786. The minimum Gasteiger partial charge on any atom is -0.465 e. The van der Waals surface area contributed by atoms with E-state index in [-0.39, 0.29) is 28.3 Å². The molecule has 116 valence electrons. The third-order valence-electron chi connectivity index (χ3n) is 3.99. The van der Waals surface area contributed by atoms with Crippen LogP contribution in [-0.2, 0) is 9.53 Å². The number of halogens is 4. The monoisotopic (exact) mass is 344 g/mol. The summed E-state index contributed by atoms with van der Waals surface area (Å²) < 4.78 is 15.9. The van der Waals surface area contributed by atoms with Gasteiger partial charge in [0.05, 0.1) is 17.6 Å². The van der Waals surface area contributed by atoms with Gasteiger partial charge in [-0.2, -0.15) is 0 Å². The standard InChI is InChI=1S/C14H20Cl3FO2/c1-4-5-6-20-12(19)10-7-9(13(10,2)3)8-11(15)14(16,17)18/h8-10H,4-7H2,1-3H3. The van der Waals surface area contributed by atoms with Crippen molar-refractivity contribution in [1.82, 2.24) is 0 Å². The van der Waals surface area contributed by atoms with Gasteiger partial charge in [-0.15, -0.1) is 0 Å². The Bertz CT molecular complexity index is 388. The Balaban J connectivity index is 2.61. The second-order valence-corrected chi connectivity index (χ2v) is 7.39. The topological polar surface area (TPSA) is 26.3 Å². The van der Waals surface area contributed by atoms with Crippen molar-refractivity contribution in [3.8, 4) is 0 Å². The third kappa shape index (κ3) is 4.25. The zero-order valence-corrected chi connectivity index (χ0v) is 14.2. The Morgan fingerprint density at radius 1 is 1.50 bits per heavy atom. The highest BCUT2D eigenvalue weighted by molar-refractivity contribution is 6.54. The summed E-state index contributed by atoms with van der Waals surface area (Å²) in [6.45, 7) is 6.33. The molecule has 0 aliphatic heterocycles. The number of rotatable bonds is 6. The summed E-state index contributed by atoms with van der Waals surface area (Å²) in [5.41, 5.74) is -0.345.